The lowest BCUT2D eigenvalue weighted by atomic mass is 9.55. The molecule has 2 saturated carbocycles. The molecule has 118 valence electrons. The number of carbonyl (C=O) groups is 1. The maximum atomic E-state index is 12.4. The Labute approximate surface area is 132 Å². The van der Waals surface area contributed by atoms with E-state index >= 15 is 0 Å². The number of nitrogens with two attached hydrogens (primary N) is 1. The first kappa shape index (κ1) is 14.1. The van der Waals surface area contributed by atoms with Gasteiger partial charge in [0.05, 0.1) is 12.8 Å². The number of Topliss-reactive ketones (excluding diaryl/α,β-unsaturated/α-hetero) is 1. The number of fused-ring (bicyclic) bond motifs is 5. The first-order valence-corrected chi connectivity index (χ1v) is 8.54. The molecule has 0 spiro atoms. The number of aryl methyl sites for hydroxylation is 1. The van der Waals surface area contributed by atoms with E-state index < -0.39 is 0 Å². The third-order valence-corrected chi connectivity index (χ3v) is 6.78. The first-order chi connectivity index (χ1) is 10.5. The minimum atomic E-state index is -0.0450. The fourth-order valence-corrected chi connectivity index (χ4v) is 5.56. The van der Waals surface area contributed by atoms with Gasteiger partial charge >= 0.3 is 0 Å². The Morgan fingerprint density at radius 2 is 2.05 bits per heavy atom. The Morgan fingerprint density at radius 1 is 1.23 bits per heavy atom. The van der Waals surface area contributed by atoms with Crippen LogP contribution in [0.25, 0.3) is 0 Å². The molecule has 2 N–H and O–H groups in total. The van der Waals surface area contributed by atoms with Crippen LogP contribution in [0.3, 0.4) is 0 Å². The Kier molecular flexibility index (Phi) is 3.04. The maximum absolute atomic E-state index is 12.4. The largest absolute Gasteiger partial charge is 0.495 e. The van der Waals surface area contributed by atoms with E-state index in [1.807, 2.05) is 0 Å². The molecule has 22 heavy (non-hydrogen) atoms. The Bertz CT molecular complexity index is 639. The van der Waals surface area contributed by atoms with Gasteiger partial charge in [-0.2, -0.15) is 0 Å². The lowest BCUT2D eigenvalue weighted by Crippen LogP contribution is -2.42. The molecule has 3 aliphatic rings. The SMILES string of the molecule is COc1cc2c(cc1N)C1CC[C@]3(C)C(=O)CCC3C1CC2. The number of ketones is 1. The van der Waals surface area contributed by atoms with Crippen molar-refractivity contribution in [1.82, 2.24) is 0 Å². The molecule has 3 heteroatoms. The number of ether oxygens (including phenoxy) is 1. The molecule has 4 atom stereocenters. The maximum Gasteiger partial charge on any atom is 0.142 e. The number of methoxy groups -OCH3 is 1. The van der Waals surface area contributed by atoms with Crippen molar-refractivity contribution in [2.24, 2.45) is 17.3 Å². The van der Waals surface area contributed by atoms with Crippen LogP contribution >= 0.6 is 0 Å². The Morgan fingerprint density at radius 3 is 2.82 bits per heavy atom. The lowest BCUT2D eigenvalue weighted by Gasteiger charge is -2.48. The molecule has 4 rings (SSSR count). The van der Waals surface area contributed by atoms with Crippen LogP contribution in [-0.4, -0.2) is 12.9 Å². The van der Waals surface area contributed by atoms with Gasteiger partial charge in [-0.15, -0.1) is 0 Å². The topological polar surface area (TPSA) is 52.3 Å². The molecule has 0 radical (unpaired) electrons. The Balaban J connectivity index is 1.73. The van der Waals surface area contributed by atoms with Crippen molar-refractivity contribution in [3.05, 3.63) is 23.3 Å². The van der Waals surface area contributed by atoms with Crippen LogP contribution in [0, 0.1) is 17.3 Å². The van der Waals surface area contributed by atoms with E-state index in [0.29, 0.717) is 23.5 Å². The van der Waals surface area contributed by atoms with Gasteiger partial charge in [0.2, 0.25) is 0 Å². The average molecular weight is 299 g/mol. The van der Waals surface area contributed by atoms with Crippen molar-refractivity contribution in [2.75, 3.05) is 12.8 Å². The predicted molar refractivity (Wildman–Crippen MR) is 87.0 cm³/mol. The number of rotatable bonds is 1. The van der Waals surface area contributed by atoms with Crippen LogP contribution in [0.5, 0.6) is 5.75 Å². The number of hydrogen-bond donors (Lipinski definition) is 1. The smallest absolute Gasteiger partial charge is 0.142 e. The second-order valence-corrected chi connectivity index (χ2v) is 7.63. The van der Waals surface area contributed by atoms with E-state index in [1.54, 1.807) is 7.11 Å². The highest BCUT2D eigenvalue weighted by Crippen LogP contribution is 2.59. The van der Waals surface area contributed by atoms with Crippen LogP contribution in [-0.2, 0) is 11.2 Å². The van der Waals surface area contributed by atoms with E-state index in [9.17, 15) is 4.79 Å². The summed E-state index contributed by atoms with van der Waals surface area (Å²) in [4.78, 5) is 12.4. The van der Waals surface area contributed by atoms with E-state index in [2.05, 4.69) is 19.1 Å². The summed E-state index contributed by atoms with van der Waals surface area (Å²) in [7, 11) is 1.68. The van der Waals surface area contributed by atoms with E-state index in [1.165, 1.54) is 17.5 Å². The quantitative estimate of drug-likeness (QED) is 0.804. The molecule has 1 aromatic carbocycles. The minimum Gasteiger partial charge on any atom is -0.495 e. The monoisotopic (exact) mass is 299 g/mol. The molecule has 3 unspecified atom stereocenters. The molecule has 0 amide bonds. The third-order valence-electron chi connectivity index (χ3n) is 6.78. The second kappa shape index (κ2) is 4.74. The molecule has 2 fully saturated rings. The highest BCUT2D eigenvalue weighted by Gasteiger charge is 2.54. The summed E-state index contributed by atoms with van der Waals surface area (Å²) in [5.74, 6) is 3.13. The second-order valence-electron chi connectivity index (χ2n) is 7.63. The van der Waals surface area contributed by atoms with Gasteiger partial charge in [-0.3, -0.25) is 4.79 Å². The van der Waals surface area contributed by atoms with Gasteiger partial charge in [0.25, 0.3) is 0 Å². The van der Waals surface area contributed by atoms with Gasteiger partial charge in [0.15, 0.2) is 0 Å². The summed E-state index contributed by atoms with van der Waals surface area (Å²) in [5, 5.41) is 0. The summed E-state index contributed by atoms with van der Waals surface area (Å²) in [6, 6.07) is 4.28. The Hall–Kier alpha value is -1.51. The summed E-state index contributed by atoms with van der Waals surface area (Å²) in [6.07, 6.45) is 6.36. The number of carbonyl (C=O) groups excluding carboxylic acids is 1. The molecular weight excluding hydrogens is 274 g/mol. The standard InChI is InChI=1S/C19H25NO2/c1-19-8-7-12-13(15(19)5-6-18(19)21)4-3-11-9-17(22-2)16(20)10-14(11)12/h9-10,12-13,15H,3-8,20H2,1-2H3/t12?,13?,15?,19-/m0/s1. The number of nitrogen functional groups attached to an aromatic ring is 1. The fourth-order valence-electron chi connectivity index (χ4n) is 5.56. The minimum absolute atomic E-state index is 0.0450. The molecule has 3 aliphatic carbocycles. The molecule has 0 aliphatic heterocycles. The van der Waals surface area contributed by atoms with E-state index in [4.69, 9.17) is 10.5 Å². The van der Waals surface area contributed by atoms with Gasteiger partial charge < -0.3 is 10.5 Å². The molecule has 3 nitrogen and oxygen atoms in total. The highest BCUT2D eigenvalue weighted by molar-refractivity contribution is 5.87. The van der Waals surface area contributed by atoms with Crippen molar-refractivity contribution < 1.29 is 9.53 Å². The normalized spacial score (nSPS) is 36.5. The van der Waals surface area contributed by atoms with Crippen LogP contribution in [0.2, 0.25) is 0 Å². The molecule has 0 bridgehead atoms. The van der Waals surface area contributed by atoms with Gasteiger partial charge in [0.1, 0.15) is 11.5 Å². The molecule has 0 saturated heterocycles. The molecule has 1 aromatic rings. The van der Waals surface area contributed by atoms with Crippen LogP contribution in [0.1, 0.15) is 56.1 Å². The van der Waals surface area contributed by atoms with Gasteiger partial charge in [-0.1, -0.05) is 6.92 Å². The fraction of sp³-hybridized carbons (Fsp3) is 0.632. The molecule has 0 aromatic heterocycles. The van der Waals surface area contributed by atoms with Gasteiger partial charge in [-0.05, 0) is 73.1 Å². The summed E-state index contributed by atoms with van der Waals surface area (Å²) < 4.78 is 5.38. The van der Waals surface area contributed by atoms with Gasteiger partial charge in [-0.25, -0.2) is 0 Å². The summed E-state index contributed by atoms with van der Waals surface area (Å²) >= 11 is 0. The van der Waals surface area contributed by atoms with E-state index in [0.717, 1.165) is 43.5 Å². The molecular formula is C19H25NO2. The van der Waals surface area contributed by atoms with Crippen molar-refractivity contribution >= 4 is 11.5 Å². The summed E-state index contributed by atoms with van der Waals surface area (Å²) in [5.41, 5.74) is 9.69. The highest BCUT2D eigenvalue weighted by atomic mass is 16.5. The van der Waals surface area contributed by atoms with Crippen LogP contribution in [0.15, 0.2) is 12.1 Å². The van der Waals surface area contributed by atoms with Crippen molar-refractivity contribution in [1.29, 1.82) is 0 Å². The first-order valence-electron chi connectivity index (χ1n) is 8.54. The average Bonchev–Trinajstić information content (AvgIpc) is 2.82. The van der Waals surface area contributed by atoms with Crippen molar-refractivity contribution in [2.45, 2.75) is 51.4 Å². The lowest BCUT2D eigenvalue weighted by molar-refractivity contribution is -0.129. The number of hydrogen-bond acceptors (Lipinski definition) is 3. The third kappa shape index (κ3) is 1.77. The van der Waals surface area contributed by atoms with Crippen LogP contribution in [0.4, 0.5) is 5.69 Å². The zero-order chi connectivity index (χ0) is 15.5. The van der Waals surface area contributed by atoms with Crippen LogP contribution < -0.4 is 10.5 Å². The van der Waals surface area contributed by atoms with Gasteiger partial charge in [0, 0.05) is 11.8 Å². The molecule has 0 heterocycles. The number of anilines is 1. The summed E-state index contributed by atoms with van der Waals surface area (Å²) in [6.45, 7) is 2.22. The zero-order valence-corrected chi connectivity index (χ0v) is 13.5. The van der Waals surface area contributed by atoms with Crippen molar-refractivity contribution in [3.8, 4) is 5.75 Å². The number of benzene rings is 1. The predicted octanol–water partition coefficient (Wildman–Crippen LogP) is 3.70. The zero-order valence-electron chi connectivity index (χ0n) is 13.5. The van der Waals surface area contributed by atoms with E-state index in [-0.39, 0.29) is 5.41 Å². The van der Waals surface area contributed by atoms with Crippen molar-refractivity contribution in [3.63, 3.8) is 0 Å².